The van der Waals surface area contributed by atoms with Crippen molar-refractivity contribution in [3.05, 3.63) is 83.9 Å². The van der Waals surface area contributed by atoms with Crippen LogP contribution in [0.15, 0.2) is 72.8 Å². The summed E-state index contributed by atoms with van der Waals surface area (Å²) in [6.45, 7) is 8.70. The summed E-state index contributed by atoms with van der Waals surface area (Å²) >= 11 is 0. The molecule has 0 spiro atoms. The lowest BCUT2D eigenvalue weighted by molar-refractivity contribution is -0.154. The molecule has 43 heavy (non-hydrogen) atoms. The summed E-state index contributed by atoms with van der Waals surface area (Å²) in [5, 5.41) is 10.9. The maximum absolute atomic E-state index is 13.4. The predicted octanol–water partition coefficient (Wildman–Crippen LogP) is 1.56. The minimum absolute atomic E-state index is 0.00811. The number of nitrogens with one attached hydrogen (secondary N) is 4. The van der Waals surface area contributed by atoms with Crippen LogP contribution in [0.2, 0.25) is 0 Å². The number of hydrogen-bond acceptors (Lipinski definition) is 8. The summed E-state index contributed by atoms with van der Waals surface area (Å²) in [6, 6.07) is 16.1. The Morgan fingerprint density at radius 1 is 0.860 bits per heavy atom. The molecule has 4 N–H and O–H groups in total. The van der Waals surface area contributed by atoms with Gasteiger partial charge in [-0.1, -0.05) is 81.1 Å². The number of rotatable bonds is 17. The fourth-order valence-electron chi connectivity index (χ4n) is 4.28. The lowest BCUT2D eigenvalue weighted by Crippen LogP contribution is -2.56. The Hall–Kier alpha value is -4.35. The number of carbonyl (C=O) groups excluding carboxylic acids is 5. The molecule has 1 aliphatic heterocycles. The molecular formula is C32H40N4O7. The van der Waals surface area contributed by atoms with E-state index in [4.69, 9.17) is 9.47 Å². The number of amides is 3. The van der Waals surface area contributed by atoms with E-state index in [1.165, 1.54) is 0 Å². The van der Waals surface area contributed by atoms with Crippen molar-refractivity contribution in [2.24, 2.45) is 5.92 Å². The molecule has 4 unspecified atom stereocenters. The number of benzene rings is 2. The van der Waals surface area contributed by atoms with Gasteiger partial charge >= 0.3 is 5.97 Å². The van der Waals surface area contributed by atoms with Crippen molar-refractivity contribution in [1.29, 1.82) is 0 Å². The van der Waals surface area contributed by atoms with Crippen LogP contribution in [-0.2, 0) is 46.5 Å². The van der Waals surface area contributed by atoms with E-state index in [2.05, 4.69) is 27.8 Å². The van der Waals surface area contributed by atoms with Crippen molar-refractivity contribution in [2.45, 2.75) is 64.6 Å². The van der Waals surface area contributed by atoms with Gasteiger partial charge in [0.2, 0.25) is 17.7 Å². The molecule has 11 nitrogen and oxygen atoms in total. The number of epoxide rings is 1. The molecule has 3 rings (SSSR count). The van der Waals surface area contributed by atoms with Gasteiger partial charge in [-0.15, -0.1) is 0 Å². The summed E-state index contributed by atoms with van der Waals surface area (Å²) in [7, 11) is 0. The fraction of sp³-hybridized carbons (Fsp3) is 0.406. The SMILES string of the molecule is C=C(C)C1OC1NCC(=O)NC(Cc1ccccc1)C(=O)NC(CC(C)C)C(=O)NCC(=O)C(=O)OCc1ccccc1. The number of hydrogen-bond donors (Lipinski definition) is 4. The molecule has 11 heteroatoms. The molecule has 1 aliphatic rings. The summed E-state index contributed by atoms with van der Waals surface area (Å²) in [4.78, 5) is 63.6. The highest BCUT2D eigenvalue weighted by molar-refractivity contribution is 6.34. The fourth-order valence-corrected chi connectivity index (χ4v) is 4.28. The third-order valence-corrected chi connectivity index (χ3v) is 6.58. The van der Waals surface area contributed by atoms with Gasteiger partial charge in [0, 0.05) is 6.42 Å². The predicted molar refractivity (Wildman–Crippen MR) is 159 cm³/mol. The third kappa shape index (κ3) is 11.4. The van der Waals surface area contributed by atoms with Crippen LogP contribution in [0.1, 0.15) is 38.3 Å². The zero-order valence-electron chi connectivity index (χ0n) is 24.8. The zero-order chi connectivity index (χ0) is 31.4. The minimum Gasteiger partial charge on any atom is -0.455 e. The van der Waals surface area contributed by atoms with Crippen LogP contribution in [0.25, 0.3) is 0 Å². The number of ether oxygens (including phenoxy) is 2. The minimum atomic E-state index is -1.07. The van der Waals surface area contributed by atoms with E-state index in [-0.39, 0.29) is 44.2 Å². The third-order valence-electron chi connectivity index (χ3n) is 6.58. The largest absolute Gasteiger partial charge is 0.455 e. The molecule has 1 heterocycles. The van der Waals surface area contributed by atoms with E-state index in [0.717, 1.165) is 16.7 Å². The molecule has 4 atom stereocenters. The molecule has 2 aromatic carbocycles. The second kappa shape index (κ2) is 16.3. The van der Waals surface area contributed by atoms with Gasteiger partial charge in [0.25, 0.3) is 5.78 Å². The molecule has 230 valence electrons. The van der Waals surface area contributed by atoms with E-state index < -0.39 is 48.1 Å². The quantitative estimate of drug-likeness (QED) is 0.0934. The van der Waals surface area contributed by atoms with E-state index in [1.54, 1.807) is 24.3 Å². The number of carbonyl (C=O) groups is 5. The monoisotopic (exact) mass is 592 g/mol. The Bertz CT molecular complexity index is 1280. The first-order valence-electron chi connectivity index (χ1n) is 14.2. The van der Waals surface area contributed by atoms with Crippen molar-refractivity contribution < 1.29 is 33.4 Å². The van der Waals surface area contributed by atoms with Gasteiger partial charge in [0.05, 0.1) is 13.1 Å². The lowest BCUT2D eigenvalue weighted by atomic mass is 10.0. The van der Waals surface area contributed by atoms with Crippen LogP contribution >= 0.6 is 0 Å². The molecule has 0 aromatic heterocycles. The van der Waals surface area contributed by atoms with Gasteiger partial charge in [-0.3, -0.25) is 24.5 Å². The van der Waals surface area contributed by atoms with Crippen molar-refractivity contribution in [2.75, 3.05) is 13.1 Å². The number of esters is 1. The Balaban J connectivity index is 1.58. The zero-order valence-corrected chi connectivity index (χ0v) is 24.8. The summed E-state index contributed by atoms with van der Waals surface area (Å²) in [6.07, 6.45) is -0.000613. The lowest BCUT2D eigenvalue weighted by Gasteiger charge is -2.24. The van der Waals surface area contributed by atoms with Gasteiger partial charge < -0.3 is 25.4 Å². The highest BCUT2D eigenvalue weighted by Crippen LogP contribution is 2.25. The Morgan fingerprint density at radius 3 is 2.07 bits per heavy atom. The van der Waals surface area contributed by atoms with E-state index in [0.29, 0.717) is 0 Å². The first-order valence-corrected chi connectivity index (χ1v) is 14.2. The van der Waals surface area contributed by atoms with Crippen molar-refractivity contribution in [3.63, 3.8) is 0 Å². The molecule has 2 aromatic rings. The van der Waals surface area contributed by atoms with Gasteiger partial charge in [0.15, 0.2) is 0 Å². The molecule has 0 saturated carbocycles. The Morgan fingerprint density at radius 2 is 1.49 bits per heavy atom. The average Bonchev–Trinajstić information content (AvgIpc) is 3.78. The molecule has 0 aliphatic carbocycles. The first-order chi connectivity index (χ1) is 20.5. The van der Waals surface area contributed by atoms with Crippen LogP contribution in [0.4, 0.5) is 0 Å². The van der Waals surface area contributed by atoms with E-state index >= 15 is 0 Å². The number of Topliss-reactive ketones (excluding diaryl/α,β-unsaturated/α-hetero) is 1. The standard InChI is InChI=1S/C32H40N4O7/c1-20(2)15-24(29(39)33-17-26(37)32(41)42-19-23-13-9-6-10-14-23)36-30(40)25(16-22-11-7-5-8-12-22)35-27(38)18-34-31-28(43-31)21(3)4/h5-14,20,24-25,28,31,34H,3,15-19H2,1-2,4H3,(H,33,39)(H,35,38)(H,36,40). The van der Waals surface area contributed by atoms with E-state index in [9.17, 15) is 24.0 Å². The van der Waals surface area contributed by atoms with Crippen molar-refractivity contribution >= 4 is 29.5 Å². The molecule has 1 fully saturated rings. The van der Waals surface area contributed by atoms with Crippen LogP contribution in [0.3, 0.4) is 0 Å². The van der Waals surface area contributed by atoms with Gasteiger partial charge in [-0.05, 0) is 36.0 Å². The molecule has 3 amide bonds. The number of ketones is 1. The van der Waals surface area contributed by atoms with Crippen molar-refractivity contribution in [1.82, 2.24) is 21.3 Å². The molecule has 0 radical (unpaired) electrons. The second-order valence-electron chi connectivity index (χ2n) is 10.9. The van der Waals surface area contributed by atoms with Gasteiger partial charge in [0.1, 0.15) is 31.0 Å². The maximum atomic E-state index is 13.4. The topological polar surface area (TPSA) is 155 Å². The van der Waals surface area contributed by atoms with Crippen molar-refractivity contribution in [3.8, 4) is 0 Å². The van der Waals surface area contributed by atoms with Crippen LogP contribution in [0, 0.1) is 5.92 Å². The average molecular weight is 593 g/mol. The normalized spacial score (nSPS) is 16.8. The Kier molecular flexibility index (Phi) is 12.6. The van der Waals surface area contributed by atoms with Crippen LogP contribution in [0.5, 0.6) is 0 Å². The van der Waals surface area contributed by atoms with Crippen LogP contribution in [-0.4, -0.2) is 67.0 Å². The summed E-state index contributed by atoms with van der Waals surface area (Å²) in [5.74, 6) is -3.60. The molecule has 0 bridgehead atoms. The van der Waals surface area contributed by atoms with Gasteiger partial charge in [-0.2, -0.15) is 0 Å². The first kappa shape index (κ1) is 33.2. The summed E-state index contributed by atoms with van der Waals surface area (Å²) in [5.41, 5.74) is 2.38. The Labute approximate surface area is 251 Å². The molecular weight excluding hydrogens is 552 g/mol. The highest BCUT2D eigenvalue weighted by Gasteiger charge is 2.39. The van der Waals surface area contributed by atoms with Gasteiger partial charge in [-0.25, -0.2) is 4.79 Å². The molecule has 1 saturated heterocycles. The smallest absolute Gasteiger partial charge is 0.376 e. The highest BCUT2D eigenvalue weighted by atomic mass is 16.6. The second-order valence-corrected chi connectivity index (χ2v) is 10.9. The summed E-state index contributed by atoms with van der Waals surface area (Å²) < 4.78 is 10.4. The van der Waals surface area contributed by atoms with E-state index in [1.807, 2.05) is 57.2 Å². The maximum Gasteiger partial charge on any atom is 0.376 e. The van der Waals surface area contributed by atoms with Crippen LogP contribution < -0.4 is 21.3 Å².